The van der Waals surface area contributed by atoms with Gasteiger partial charge in [0.25, 0.3) is 5.56 Å². The molecule has 0 saturated carbocycles. The predicted octanol–water partition coefficient (Wildman–Crippen LogP) is 3.46. The molecule has 0 aliphatic heterocycles. The van der Waals surface area contributed by atoms with Crippen molar-refractivity contribution in [2.75, 3.05) is 0 Å². The number of carbonyl (C=O) groups excluding carboxylic acids is 1. The van der Waals surface area contributed by atoms with Gasteiger partial charge in [0.05, 0.1) is 17.2 Å². The summed E-state index contributed by atoms with van der Waals surface area (Å²) in [7, 11) is 0. The summed E-state index contributed by atoms with van der Waals surface area (Å²) in [5.74, 6) is -0.475. The van der Waals surface area contributed by atoms with E-state index in [1.807, 2.05) is 36.4 Å². The highest BCUT2D eigenvalue weighted by atomic mass is 79.9. The van der Waals surface area contributed by atoms with Crippen molar-refractivity contribution >= 4 is 32.8 Å². The lowest BCUT2D eigenvalue weighted by molar-refractivity contribution is -0.148. The lowest BCUT2D eigenvalue weighted by Crippen LogP contribution is -2.29. The molecule has 2 aromatic carbocycles. The lowest BCUT2D eigenvalue weighted by Gasteiger charge is -2.14. The molecular formula is C18H15BrN2O3. The predicted molar refractivity (Wildman–Crippen MR) is 94.7 cm³/mol. The molecule has 24 heavy (non-hydrogen) atoms. The number of rotatable bonds is 4. The summed E-state index contributed by atoms with van der Waals surface area (Å²) in [4.78, 5) is 29.1. The van der Waals surface area contributed by atoms with Crippen LogP contribution in [0.2, 0.25) is 0 Å². The Kier molecular flexibility index (Phi) is 4.76. The van der Waals surface area contributed by atoms with Gasteiger partial charge in [-0.05, 0) is 30.7 Å². The van der Waals surface area contributed by atoms with E-state index in [1.54, 1.807) is 19.1 Å². The Balaban J connectivity index is 1.82. The van der Waals surface area contributed by atoms with Crippen LogP contribution in [0.5, 0.6) is 0 Å². The summed E-state index contributed by atoms with van der Waals surface area (Å²) in [5.41, 5.74) is 1.21. The number of esters is 1. The zero-order valence-corrected chi connectivity index (χ0v) is 14.6. The van der Waals surface area contributed by atoms with Gasteiger partial charge in [-0.25, -0.2) is 9.78 Å². The van der Waals surface area contributed by atoms with Gasteiger partial charge in [0.15, 0.2) is 0 Å². The van der Waals surface area contributed by atoms with Crippen LogP contribution in [0.4, 0.5) is 0 Å². The summed E-state index contributed by atoms with van der Waals surface area (Å²) < 4.78 is 7.38. The SMILES string of the molecule is CC(C(=O)OCc1ccccc1)n1cnc2ccc(Br)cc2c1=O. The molecule has 0 aliphatic rings. The van der Waals surface area contributed by atoms with Crippen molar-refractivity contribution in [3.8, 4) is 0 Å². The number of hydrogen-bond acceptors (Lipinski definition) is 4. The zero-order chi connectivity index (χ0) is 17.1. The van der Waals surface area contributed by atoms with Crippen molar-refractivity contribution in [2.45, 2.75) is 19.6 Å². The maximum absolute atomic E-state index is 12.6. The van der Waals surface area contributed by atoms with Crippen molar-refractivity contribution < 1.29 is 9.53 Å². The molecule has 1 heterocycles. The van der Waals surface area contributed by atoms with E-state index in [0.29, 0.717) is 10.9 Å². The van der Waals surface area contributed by atoms with Crippen molar-refractivity contribution in [1.82, 2.24) is 9.55 Å². The first-order valence-corrected chi connectivity index (χ1v) is 8.22. The van der Waals surface area contributed by atoms with Crippen LogP contribution in [0.3, 0.4) is 0 Å². The van der Waals surface area contributed by atoms with E-state index in [-0.39, 0.29) is 12.2 Å². The third-order valence-electron chi connectivity index (χ3n) is 3.73. The molecule has 6 heteroatoms. The van der Waals surface area contributed by atoms with Gasteiger partial charge in [-0.1, -0.05) is 46.3 Å². The molecule has 0 saturated heterocycles. The quantitative estimate of drug-likeness (QED) is 0.644. The third kappa shape index (κ3) is 3.38. The first-order chi connectivity index (χ1) is 11.6. The monoisotopic (exact) mass is 386 g/mol. The molecule has 0 bridgehead atoms. The molecule has 0 fully saturated rings. The van der Waals surface area contributed by atoms with Gasteiger partial charge in [0.1, 0.15) is 12.6 Å². The van der Waals surface area contributed by atoms with E-state index < -0.39 is 12.0 Å². The standard InChI is InChI=1S/C18H15BrN2O3/c1-12(18(23)24-10-13-5-3-2-4-6-13)21-11-20-16-8-7-14(19)9-15(16)17(21)22/h2-9,11-12H,10H2,1H3. The van der Waals surface area contributed by atoms with Crippen LogP contribution >= 0.6 is 15.9 Å². The molecule has 0 aliphatic carbocycles. The fraction of sp³-hybridized carbons (Fsp3) is 0.167. The van der Waals surface area contributed by atoms with Crippen LogP contribution < -0.4 is 5.56 Å². The second-order valence-electron chi connectivity index (χ2n) is 5.39. The topological polar surface area (TPSA) is 61.2 Å². The summed E-state index contributed by atoms with van der Waals surface area (Å²) >= 11 is 3.34. The lowest BCUT2D eigenvalue weighted by atomic mass is 10.2. The summed E-state index contributed by atoms with van der Waals surface area (Å²) in [5, 5.41) is 0.453. The number of fused-ring (bicyclic) bond motifs is 1. The van der Waals surface area contributed by atoms with Gasteiger partial charge in [-0.15, -0.1) is 0 Å². The van der Waals surface area contributed by atoms with Gasteiger partial charge < -0.3 is 4.74 Å². The largest absolute Gasteiger partial charge is 0.459 e. The first-order valence-electron chi connectivity index (χ1n) is 7.43. The molecule has 122 valence electrons. The fourth-order valence-electron chi connectivity index (χ4n) is 2.35. The Hall–Kier alpha value is -2.47. The van der Waals surface area contributed by atoms with E-state index >= 15 is 0 Å². The molecule has 3 rings (SSSR count). The molecule has 5 nitrogen and oxygen atoms in total. The highest BCUT2D eigenvalue weighted by Gasteiger charge is 2.19. The second kappa shape index (κ2) is 6.97. The first kappa shape index (κ1) is 16.4. The minimum Gasteiger partial charge on any atom is -0.459 e. The summed E-state index contributed by atoms with van der Waals surface area (Å²) in [6, 6.07) is 13.9. The molecular weight excluding hydrogens is 372 g/mol. The smallest absolute Gasteiger partial charge is 0.329 e. The molecule has 1 aromatic heterocycles. The molecule has 0 radical (unpaired) electrons. The van der Waals surface area contributed by atoms with E-state index in [2.05, 4.69) is 20.9 Å². The molecule has 0 N–H and O–H groups in total. The highest BCUT2D eigenvalue weighted by Crippen LogP contribution is 2.16. The Morgan fingerprint density at radius 2 is 2.00 bits per heavy atom. The van der Waals surface area contributed by atoms with Gasteiger partial charge >= 0.3 is 5.97 Å². The Labute approximate surface area is 147 Å². The molecule has 1 unspecified atom stereocenters. The van der Waals surface area contributed by atoms with Gasteiger partial charge in [-0.2, -0.15) is 0 Å². The number of carbonyl (C=O) groups is 1. The van der Waals surface area contributed by atoms with Crippen molar-refractivity contribution in [2.24, 2.45) is 0 Å². The third-order valence-corrected chi connectivity index (χ3v) is 4.22. The number of aromatic nitrogens is 2. The van der Waals surface area contributed by atoms with E-state index in [0.717, 1.165) is 10.0 Å². The van der Waals surface area contributed by atoms with Gasteiger partial charge in [-0.3, -0.25) is 9.36 Å². The van der Waals surface area contributed by atoms with Crippen LogP contribution in [0.1, 0.15) is 18.5 Å². The number of halogens is 1. The van der Waals surface area contributed by atoms with Crippen LogP contribution in [0, 0.1) is 0 Å². The van der Waals surface area contributed by atoms with Gasteiger partial charge in [0.2, 0.25) is 0 Å². The van der Waals surface area contributed by atoms with Crippen LogP contribution in [-0.2, 0) is 16.1 Å². The summed E-state index contributed by atoms with van der Waals surface area (Å²) in [6.45, 7) is 1.80. The number of ether oxygens (including phenoxy) is 1. The van der Waals surface area contributed by atoms with Crippen molar-refractivity contribution in [3.05, 3.63) is 75.2 Å². The molecule has 0 spiro atoms. The minimum atomic E-state index is -0.753. The highest BCUT2D eigenvalue weighted by molar-refractivity contribution is 9.10. The maximum atomic E-state index is 12.6. The molecule has 0 amide bonds. The van der Waals surface area contributed by atoms with Crippen molar-refractivity contribution in [1.29, 1.82) is 0 Å². The van der Waals surface area contributed by atoms with E-state index in [1.165, 1.54) is 10.9 Å². The Morgan fingerprint density at radius 1 is 1.25 bits per heavy atom. The maximum Gasteiger partial charge on any atom is 0.329 e. The summed E-state index contributed by atoms with van der Waals surface area (Å²) in [6.07, 6.45) is 1.38. The van der Waals surface area contributed by atoms with E-state index in [9.17, 15) is 9.59 Å². The van der Waals surface area contributed by atoms with Crippen LogP contribution in [0.15, 0.2) is 64.1 Å². The Bertz CT molecular complexity index is 938. The number of hydrogen-bond donors (Lipinski definition) is 0. The molecule has 3 aromatic rings. The number of nitrogens with zero attached hydrogens (tertiary/aromatic N) is 2. The average Bonchev–Trinajstić information content (AvgIpc) is 2.61. The second-order valence-corrected chi connectivity index (χ2v) is 6.30. The Morgan fingerprint density at radius 3 is 2.75 bits per heavy atom. The van der Waals surface area contributed by atoms with E-state index in [4.69, 9.17) is 4.74 Å². The average molecular weight is 387 g/mol. The zero-order valence-electron chi connectivity index (χ0n) is 13.0. The normalized spacial score (nSPS) is 12.1. The van der Waals surface area contributed by atoms with Crippen LogP contribution in [-0.4, -0.2) is 15.5 Å². The van der Waals surface area contributed by atoms with Gasteiger partial charge in [0, 0.05) is 4.47 Å². The molecule has 1 atom stereocenters. The van der Waals surface area contributed by atoms with Crippen molar-refractivity contribution in [3.63, 3.8) is 0 Å². The van der Waals surface area contributed by atoms with Crippen LogP contribution in [0.25, 0.3) is 10.9 Å². The fourth-order valence-corrected chi connectivity index (χ4v) is 2.71. The minimum absolute atomic E-state index is 0.172. The number of benzene rings is 2.